The molecule has 2 rings (SSSR count). The molecule has 1 atom stereocenters. The molecule has 150 valence electrons. The Hall–Kier alpha value is -2.86. The molecule has 0 saturated carbocycles. The molecule has 0 aliphatic carbocycles. The lowest BCUT2D eigenvalue weighted by molar-refractivity contribution is -0.125. The van der Waals surface area contributed by atoms with Crippen molar-refractivity contribution in [1.82, 2.24) is 10.2 Å². The number of nitrogens with one attached hydrogen (secondary N) is 2. The second-order valence-corrected chi connectivity index (χ2v) is 7.82. The SMILES string of the molecule is C[C@H](C(=O)Nc1ccc(Oc2ccccc2)cc1)N(C)CC(=O)NC(C)(C)C. The van der Waals surface area contributed by atoms with E-state index in [-0.39, 0.29) is 23.9 Å². The monoisotopic (exact) mass is 383 g/mol. The predicted octanol–water partition coefficient (Wildman–Crippen LogP) is 3.65. The van der Waals surface area contributed by atoms with E-state index < -0.39 is 6.04 Å². The first-order valence-corrected chi connectivity index (χ1v) is 9.29. The Labute approximate surface area is 166 Å². The molecule has 28 heavy (non-hydrogen) atoms. The summed E-state index contributed by atoms with van der Waals surface area (Å²) in [6.07, 6.45) is 0. The normalized spacial score (nSPS) is 12.4. The average molecular weight is 383 g/mol. The number of carbonyl (C=O) groups is 2. The Kier molecular flexibility index (Phi) is 7.18. The number of carbonyl (C=O) groups excluding carboxylic acids is 2. The van der Waals surface area contributed by atoms with Crippen LogP contribution in [0.1, 0.15) is 27.7 Å². The molecule has 2 aromatic carbocycles. The third-order valence-electron chi connectivity index (χ3n) is 4.05. The van der Waals surface area contributed by atoms with Crippen LogP contribution in [0.2, 0.25) is 0 Å². The zero-order valence-electron chi connectivity index (χ0n) is 17.2. The van der Waals surface area contributed by atoms with Crippen LogP contribution in [0.4, 0.5) is 5.69 Å². The molecule has 0 unspecified atom stereocenters. The van der Waals surface area contributed by atoms with Crippen molar-refractivity contribution in [2.24, 2.45) is 0 Å². The summed E-state index contributed by atoms with van der Waals surface area (Å²) < 4.78 is 5.74. The van der Waals surface area contributed by atoms with Crippen molar-refractivity contribution in [1.29, 1.82) is 0 Å². The van der Waals surface area contributed by atoms with Gasteiger partial charge in [0.1, 0.15) is 11.5 Å². The van der Waals surface area contributed by atoms with E-state index in [9.17, 15) is 9.59 Å². The minimum atomic E-state index is -0.453. The number of hydrogen-bond donors (Lipinski definition) is 2. The van der Waals surface area contributed by atoms with Gasteiger partial charge in [0.25, 0.3) is 0 Å². The molecule has 0 aliphatic heterocycles. The highest BCUT2D eigenvalue weighted by atomic mass is 16.5. The Morgan fingerprint density at radius 2 is 1.57 bits per heavy atom. The standard InChI is InChI=1S/C22H29N3O3/c1-16(25(5)15-20(26)24-22(2,3)4)21(27)23-17-11-13-19(14-12-17)28-18-9-7-6-8-10-18/h6-14,16H,15H2,1-5H3,(H,23,27)(H,24,26)/t16-/m1/s1. The highest BCUT2D eigenvalue weighted by Crippen LogP contribution is 2.22. The summed E-state index contributed by atoms with van der Waals surface area (Å²) in [5.41, 5.74) is 0.372. The van der Waals surface area contributed by atoms with Gasteiger partial charge >= 0.3 is 0 Å². The highest BCUT2D eigenvalue weighted by Gasteiger charge is 2.22. The van der Waals surface area contributed by atoms with Gasteiger partial charge in [-0.25, -0.2) is 0 Å². The van der Waals surface area contributed by atoms with Gasteiger partial charge in [-0.3, -0.25) is 14.5 Å². The number of nitrogens with zero attached hydrogens (tertiary/aromatic N) is 1. The van der Waals surface area contributed by atoms with Crippen LogP contribution in [0.5, 0.6) is 11.5 Å². The fraction of sp³-hybridized carbons (Fsp3) is 0.364. The van der Waals surface area contributed by atoms with Gasteiger partial charge in [-0.1, -0.05) is 18.2 Å². The second kappa shape index (κ2) is 9.37. The zero-order chi connectivity index (χ0) is 20.7. The number of para-hydroxylation sites is 1. The Morgan fingerprint density at radius 1 is 1.00 bits per heavy atom. The number of anilines is 1. The van der Waals surface area contributed by atoms with E-state index in [1.54, 1.807) is 43.1 Å². The smallest absolute Gasteiger partial charge is 0.241 e. The quantitative estimate of drug-likeness (QED) is 0.766. The summed E-state index contributed by atoms with van der Waals surface area (Å²) in [6, 6.07) is 16.2. The summed E-state index contributed by atoms with van der Waals surface area (Å²) >= 11 is 0. The zero-order valence-corrected chi connectivity index (χ0v) is 17.2. The number of benzene rings is 2. The maximum Gasteiger partial charge on any atom is 0.241 e. The Balaban J connectivity index is 1.88. The van der Waals surface area contributed by atoms with Gasteiger partial charge in [0.15, 0.2) is 0 Å². The van der Waals surface area contributed by atoms with Crippen molar-refractivity contribution in [3.05, 3.63) is 54.6 Å². The maximum atomic E-state index is 12.5. The summed E-state index contributed by atoms with van der Waals surface area (Å²) in [5, 5.41) is 5.76. The van der Waals surface area contributed by atoms with Gasteiger partial charge in [0.2, 0.25) is 11.8 Å². The molecule has 2 aromatic rings. The number of rotatable bonds is 7. The van der Waals surface area contributed by atoms with E-state index in [0.717, 1.165) is 5.75 Å². The molecular weight excluding hydrogens is 354 g/mol. The Bertz CT molecular complexity index is 783. The molecule has 0 radical (unpaired) electrons. The van der Waals surface area contributed by atoms with E-state index >= 15 is 0 Å². The summed E-state index contributed by atoms with van der Waals surface area (Å²) in [6.45, 7) is 7.69. The van der Waals surface area contributed by atoms with Crippen molar-refractivity contribution in [3.8, 4) is 11.5 Å². The van der Waals surface area contributed by atoms with Crippen LogP contribution in [0.15, 0.2) is 54.6 Å². The first-order chi connectivity index (χ1) is 13.1. The van der Waals surface area contributed by atoms with Crippen molar-refractivity contribution in [2.75, 3.05) is 18.9 Å². The number of ether oxygens (including phenoxy) is 1. The molecule has 0 spiro atoms. The van der Waals surface area contributed by atoms with Gasteiger partial charge in [0.05, 0.1) is 12.6 Å². The van der Waals surface area contributed by atoms with Crippen LogP contribution in [0.25, 0.3) is 0 Å². The summed E-state index contributed by atoms with van der Waals surface area (Å²) in [5.74, 6) is 1.15. The molecular formula is C22H29N3O3. The third-order valence-corrected chi connectivity index (χ3v) is 4.05. The third kappa shape index (κ3) is 7.04. The Morgan fingerprint density at radius 3 is 2.14 bits per heavy atom. The molecule has 0 saturated heterocycles. The van der Waals surface area contributed by atoms with E-state index in [2.05, 4.69) is 10.6 Å². The first kappa shape index (κ1) is 21.4. The number of likely N-dealkylation sites (N-methyl/N-ethyl adjacent to an activating group) is 1. The van der Waals surface area contributed by atoms with Gasteiger partial charge in [-0.2, -0.15) is 0 Å². The minimum Gasteiger partial charge on any atom is -0.457 e. The van der Waals surface area contributed by atoms with Gasteiger partial charge in [0, 0.05) is 11.2 Å². The van der Waals surface area contributed by atoms with E-state index in [0.29, 0.717) is 11.4 Å². The fourth-order valence-corrected chi connectivity index (χ4v) is 2.50. The van der Waals surface area contributed by atoms with Crippen molar-refractivity contribution < 1.29 is 14.3 Å². The van der Waals surface area contributed by atoms with Crippen LogP contribution in [0.3, 0.4) is 0 Å². The van der Waals surface area contributed by atoms with Crippen LogP contribution in [-0.2, 0) is 9.59 Å². The van der Waals surface area contributed by atoms with E-state index in [4.69, 9.17) is 4.74 Å². The molecule has 0 aliphatic rings. The van der Waals surface area contributed by atoms with Crippen molar-refractivity contribution in [3.63, 3.8) is 0 Å². The molecule has 6 heteroatoms. The molecule has 6 nitrogen and oxygen atoms in total. The lowest BCUT2D eigenvalue weighted by atomic mass is 10.1. The fourth-order valence-electron chi connectivity index (χ4n) is 2.50. The molecule has 0 bridgehead atoms. The number of amides is 2. The lowest BCUT2D eigenvalue weighted by Gasteiger charge is -2.26. The molecule has 2 amide bonds. The van der Waals surface area contributed by atoms with E-state index in [1.165, 1.54) is 0 Å². The van der Waals surface area contributed by atoms with Gasteiger partial charge < -0.3 is 15.4 Å². The molecule has 0 heterocycles. The molecule has 0 fully saturated rings. The number of hydrogen-bond acceptors (Lipinski definition) is 4. The van der Waals surface area contributed by atoms with Crippen molar-refractivity contribution in [2.45, 2.75) is 39.3 Å². The molecule has 2 N–H and O–H groups in total. The van der Waals surface area contributed by atoms with Crippen LogP contribution in [-0.4, -0.2) is 41.9 Å². The highest BCUT2D eigenvalue weighted by molar-refractivity contribution is 5.95. The van der Waals surface area contributed by atoms with Crippen LogP contribution in [0, 0.1) is 0 Å². The van der Waals surface area contributed by atoms with E-state index in [1.807, 2.05) is 51.1 Å². The lowest BCUT2D eigenvalue weighted by Crippen LogP contribution is -2.49. The maximum absolute atomic E-state index is 12.5. The largest absolute Gasteiger partial charge is 0.457 e. The second-order valence-electron chi connectivity index (χ2n) is 7.82. The topological polar surface area (TPSA) is 70.7 Å². The van der Waals surface area contributed by atoms with Crippen molar-refractivity contribution >= 4 is 17.5 Å². The van der Waals surface area contributed by atoms with Crippen LogP contribution >= 0.6 is 0 Å². The van der Waals surface area contributed by atoms with Crippen LogP contribution < -0.4 is 15.4 Å². The van der Waals surface area contributed by atoms with Gasteiger partial charge in [-0.05, 0) is 71.1 Å². The summed E-state index contributed by atoms with van der Waals surface area (Å²) in [4.78, 5) is 26.2. The summed E-state index contributed by atoms with van der Waals surface area (Å²) in [7, 11) is 1.75. The minimum absolute atomic E-state index is 0.114. The predicted molar refractivity (Wildman–Crippen MR) is 112 cm³/mol. The van der Waals surface area contributed by atoms with Gasteiger partial charge in [-0.15, -0.1) is 0 Å². The first-order valence-electron chi connectivity index (χ1n) is 9.29. The molecule has 0 aromatic heterocycles. The average Bonchev–Trinajstić information content (AvgIpc) is 2.61.